The number of likely N-dealkylation sites (tertiary alicyclic amines) is 2. The van der Waals surface area contributed by atoms with E-state index < -0.39 is 12.0 Å². The number of methoxy groups -OCH3 is 2. The molecule has 1 aliphatic carbocycles. The predicted octanol–water partition coefficient (Wildman–Crippen LogP) is 5.00. The lowest BCUT2D eigenvalue weighted by Crippen LogP contribution is -2.52. The molecule has 0 bridgehead atoms. The zero-order valence-corrected chi connectivity index (χ0v) is 25.7. The first kappa shape index (κ1) is 32.2. The Balaban J connectivity index is 0.000000239. The van der Waals surface area contributed by atoms with E-state index in [1.54, 1.807) is 28.1 Å². The Morgan fingerprint density at radius 1 is 0.953 bits per heavy atom. The number of carboxylic acids is 1. The molecule has 0 saturated carbocycles. The molecule has 3 aliphatic rings. The highest BCUT2D eigenvalue weighted by molar-refractivity contribution is 6.03. The Hall–Kier alpha value is -3.72. The van der Waals surface area contributed by atoms with Crippen molar-refractivity contribution in [3.8, 4) is 11.5 Å². The number of rotatable bonds is 9. The maximum atomic E-state index is 12.9. The average molecular weight is 593 g/mol. The molecule has 5 rings (SSSR count). The molecular weight excluding hydrogens is 548 g/mol. The Labute approximate surface area is 254 Å². The second-order valence-electron chi connectivity index (χ2n) is 12.1. The monoisotopic (exact) mass is 592 g/mol. The highest BCUT2D eigenvalue weighted by Gasteiger charge is 2.38. The maximum absolute atomic E-state index is 12.9. The van der Waals surface area contributed by atoms with Crippen LogP contribution in [-0.4, -0.2) is 71.8 Å². The van der Waals surface area contributed by atoms with Gasteiger partial charge in [0.05, 0.1) is 14.2 Å². The minimum absolute atomic E-state index is 0.109. The summed E-state index contributed by atoms with van der Waals surface area (Å²) in [4.78, 5) is 50.4. The van der Waals surface area contributed by atoms with Crippen LogP contribution in [0.1, 0.15) is 73.9 Å². The number of nitrogens with zero attached hydrogens (tertiary/aromatic N) is 2. The number of ether oxygens (including phenoxy) is 2. The van der Waals surface area contributed by atoms with Crippen molar-refractivity contribution in [2.75, 3.05) is 27.3 Å². The van der Waals surface area contributed by atoms with E-state index in [1.165, 1.54) is 18.4 Å². The van der Waals surface area contributed by atoms with Crippen LogP contribution >= 0.6 is 0 Å². The number of piperidine rings is 2. The van der Waals surface area contributed by atoms with E-state index in [2.05, 4.69) is 35.2 Å². The molecule has 2 heterocycles. The van der Waals surface area contributed by atoms with Crippen LogP contribution in [0, 0.1) is 17.8 Å². The summed E-state index contributed by atoms with van der Waals surface area (Å²) in [6.07, 6.45) is 5.25. The highest BCUT2D eigenvalue weighted by atomic mass is 16.5. The van der Waals surface area contributed by atoms with Crippen LogP contribution in [0.3, 0.4) is 0 Å². The normalized spacial score (nSPS) is 20.0. The number of imide groups is 1. The van der Waals surface area contributed by atoms with Crippen molar-refractivity contribution in [3.63, 3.8) is 0 Å². The van der Waals surface area contributed by atoms with E-state index in [0.717, 1.165) is 48.5 Å². The number of hydrogen-bond acceptors (Lipinski definition) is 7. The lowest BCUT2D eigenvalue weighted by atomic mass is 9.85. The number of fused-ring (bicyclic) bond motifs is 1. The summed E-state index contributed by atoms with van der Waals surface area (Å²) in [7, 11) is 3.26. The molecule has 0 spiro atoms. The molecular formula is C34H44N2O7. The van der Waals surface area contributed by atoms with Gasteiger partial charge < -0.3 is 14.6 Å². The van der Waals surface area contributed by atoms with Gasteiger partial charge in [0, 0.05) is 30.9 Å². The Morgan fingerprint density at radius 3 is 2.12 bits per heavy atom. The van der Waals surface area contributed by atoms with Gasteiger partial charge in [0.1, 0.15) is 6.04 Å². The number of carboxylic acid groups (broad SMARTS) is 1. The van der Waals surface area contributed by atoms with Crippen LogP contribution < -0.4 is 9.47 Å². The van der Waals surface area contributed by atoms with Gasteiger partial charge in [-0.15, -0.1) is 0 Å². The van der Waals surface area contributed by atoms with Crippen molar-refractivity contribution in [1.29, 1.82) is 0 Å². The molecule has 9 nitrogen and oxygen atoms in total. The predicted molar refractivity (Wildman–Crippen MR) is 162 cm³/mol. The number of benzene rings is 2. The topological polar surface area (TPSA) is 113 Å². The summed E-state index contributed by atoms with van der Waals surface area (Å²) in [6, 6.07) is 13.5. The smallest absolute Gasteiger partial charge is 0.327 e. The number of hydrogen-bond donors (Lipinski definition) is 1. The molecule has 2 amide bonds. The number of amides is 2. The van der Waals surface area contributed by atoms with Crippen LogP contribution in [0.15, 0.2) is 42.5 Å². The average Bonchev–Trinajstić information content (AvgIpc) is 3.29. The van der Waals surface area contributed by atoms with Gasteiger partial charge in [-0.05, 0) is 80.3 Å². The minimum atomic E-state index is -1.12. The fourth-order valence-electron chi connectivity index (χ4n) is 6.49. The molecule has 2 aromatic carbocycles. The summed E-state index contributed by atoms with van der Waals surface area (Å²) in [6.45, 7) is 6.65. The van der Waals surface area contributed by atoms with Gasteiger partial charge in [0.25, 0.3) is 0 Å². The van der Waals surface area contributed by atoms with Gasteiger partial charge in [0.2, 0.25) is 11.8 Å². The van der Waals surface area contributed by atoms with E-state index in [-0.39, 0.29) is 42.3 Å². The van der Waals surface area contributed by atoms with E-state index in [0.29, 0.717) is 23.8 Å². The molecule has 0 aromatic heterocycles. The molecule has 2 fully saturated rings. The Morgan fingerprint density at radius 2 is 1.56 bits per heavy atom. The maximum Gasteiger partial charge on any atom is 0.327 e. The van der Waals surface area contributed by atoms with Crippen molar-refractivity contribution < 1.29 is 33.8 Å². The third-order valence-corrected chi connectivity index (χ3v) is 8.77. The van der Waals surface area contributed by atoms with Gasteiger partial charge in [0.15, 0.2) is 17.3 Å². The summed E-state index contributed by atoms with van der Waals surface area (Å²) in [5.41, 5.74) is 3.31. The zero-order chi connectivity index (χ0) is 31.1. The molecule has 2 aliphatic heterocycles. The van der Waals surface area contributed by atoms with E-state index in [1.807, 2.05) is 12.1 Å². The molecule has 2 atom stereocenters. The van der Waals surface area contributed by atoms with Crippen LogP contribution in [0.25, 0.3) is 0 Å². The number of aliphatic carboxylic acids is 1. The molecule has 9 heteroatoms. The quantitative estimate of drug-likeness (QED) is 0.405. The molecule has 43 heavy (non-hydrogen) atoms. The zero-order valence-electron chi connectivity index (χ0n) is 25.7. The molecule has 2 saturated heterocycles. The second-order valence-corrected chi connectivity index (χ2v) is 12.1. The summed E-state index contributed by atoms with van der Waals surface area (Å²) in [5, 5.41) is 8.99. The molecule has 1 unspecified atom stereocenters. The first-order chi connectivity index (χ1) is 20.6. The minimum Gasteiger partial charge on any atom is -0.493 e. The number of carbonyl (C=O) groups is 4. The van der Waals surface area contributed by atoms with Crippen molar-refractivity contribution >= 4 is 23.6 Å². The van der Waals surface area contributed by atoms with Gasteiger partial charge in [-0.1, -0.05) is 44.2 Å². The standard InChI is InChI=1S/C24H29NO3.C10H15NO4/c1-27-22-14-19-13-20(24(26)21(19)15-23(22)28-2)12-17-8-10-25(11-9-17)16-18-6-4-3-5-7-18;1-6(2)9(10(14)15)11-7(12)4-3-5-8(11)13/h3-7,14-15,17,20H,8-13,16H2,1-2H3;6,9H,3-5H2,1-2H3,(H,14,15)/t20-;/m0./s1. The Kier molecular flexibility index (Phi) is 11.0. The Bertz CT molecular complexity index is 1290. The first-order valence-electron chi connectivity index (χ1n) is 15.3. The molecule has 232 valence electrons. The third kappa shape index (κ3) is 7.82. The molecule has 2 aromatic rings. The van der Waals surface area contributed by atoms with Crippen LogP contribution in [0.4, 0.5) is 0 Å². The third-order valence-electron chi connectivity index (χ3n) is 8.77. The fraction of sp³-hybridized carbons (Fsp3) is 0.529. The second kappa shape index (κ2) is 14.6. The SMILES string of the molecule is CC(C)C(C(=O)O)N1C(=O)CCCC1=O.COc1cc2c(cc1OC)C(=O)[C@@H](CC1CCN(Cc3ccccc3)CC1)C2. The van der Waals surface area contributed by atoms with E-state index in [9.17, 15) is 19.2 Å². The lowest BCUT2D eigenvalue weighted by Gasteiger charge is -2.32. The number of ketones is 1. The summed E-state index contributed by atoms with van der Waals surface area (Å²) >= 11 is 0. The van der Waals surface area contributed by atoms with Crippen LogP contribution in [0.2, 0.25) is 0 Å². The summed E-state index contributed by atoms with van der Waals surface area (Å²) in [5.74, 6) is 0.259. The van der Waals surface area contributed by atoms with Gasteiger partial charge >= 0.3 is 5.97 Å². The largest absolute Gasteiger partial charge is 0.493 e. The van der Waals surface area contributed by atoms with Crippen molar-refractivity contribution in [2.45, 2.75) is 71.4 Å². The van der Waals surface area contributed by atoms with Crippen LogP contribution in [0.5, 0.6) is 11.5 Å². The number of Topliss-reactive ketones (excluding diaryl/α,β-unsaturated/α-hetero) is 1. The van der Waals surface area contributed by atoms with Crippen molar-refractivity contribution in [1.82, 2.24) is 9.80 Å². The fourth-order valence-corrected chi connectivity index (χ4v) is 6.49. The summed E-state index contributed by atoms with van der Waals surface area (Å²) < 4.78 is 10.8. The van der Waals surface area contributed by atoms with Crippen LogP contribution in [-0.2, 0) is 27.3 Å². The van der Waals surface area contributed by atoms with Gasteiger partial charge in [-0.25, -0.2) is 4.79 Å². The lowest BCUT2D eigenvalue weighted by molar-refractivity contribution is -0.162. The van der Waals surface area contributed by atoms with E-state index >= 15 is 0 Å². The van der Waals surface area contributed by atoms with Gasteiger partial charge in [-0.2, -0.15) is 0 Å². The first-order valence-corrected chi connectivity index (χ1v) is 15.3. The number of carbonyl (C=O) groups excluding carboxylic acids is 3. The molecule has 1 N–H and O–H groups in total. The van der Waals surface area contributed by atoms with Gasteiger partial charge in [-0.3, -0.25) is 24.2 Å². The van der Waals surface area contributed by atoms with E-state index in [4.69, 9.17) is 14.6 Å². The highest BCUT2D eigenvalue weighted by Crippen LogP contribution is 2.39. The van der Waals surface area contributed by atoms with Crippen molar-refractivity contribution in [2.24, 2.45) is 17.8 Å². The molecule has 0 radical (unpaired) electrons. The van der Waals surface area contributed by atoms with Crippen molar-refractivity contribution in [3.05, 3.63) is 59.2 Å².